The molecule has 0 aliphatic rings. The molecule has 2 heteroatoms. The zero-order valence-corrected chi connectivity index (χ0v) is 13.3. The number of aromatic nitrogens is 1. The predicted octanol–water partition coefficient (Wildman–Crippen LogP) is 4.77. The Bertz CT molecular complexity index is 328. The van der Waals surface area contributed by atoms with E-state index in [1.807, 2.05) is 0 Å². The van der Waals surface area contributed by atoms with Crippen LogP contribution >= 0.6 is 0 Å². The smallest absolute Gasteiger partial charge is 0.0335 e. The number of hydrogen-bond acceptors (Lipinski definition) is 1. The molecule has 0 fully saturated rings. The second-order valence-corrected chi connectivity index (χ2v) is 6.01. The van der Waals surface area contributed by atoms with Crippen molar-refractivity contribution in [2.24, 2.45) is 5.92 Å². The van der Waals surface area contributed by atoms with E-state index in [0.29, 0.717) is 6.04 Å². The standard InChI is InChI=1S/C17H32N2/c1-5-8-17(18-11-6-2)16-10-13-19(14-16)12-7-9-15(3)4/h10,13-15,17-18H,5-9,11-12H2,1-4H3. The first-order chi connectivity index (χ1) is 9.17. The van der Waals surface area contributed by atoms with Gasteiger partial charge >= 0.3 is 0 Å². The molecule has 0 amide bonds. The fourth-order valence-corrected chi connectivity index (χ4v) is 2.48. The van der Waals surface area contributed by atoms with Crippen LogP contribution in [-0.4, -0.2) is 11.1 Å². The van der Waals surface area contributed by atoms with Gasteiger partial charge in [-0.3, -0.25) is 0 Å². The summed E-state index contributed by atoms with van der Waals surface area (Å²) in [7, 11) is 0. The fourth-order valence-electron chi connectivity index (χ4n) is 2.48. The third-order valence-corrected chi connectivity index (χ3v) is 3.59. The van der Waals surface area contributed by atoms with Crippen molar-refractivity contribution in [3.63, 3.8) is 0 Å². The molecule has 1 aromatic rings. The van der Waals surface area contributed by atoms with E-state index in [9.17, 15) is 0 Å². The van der Waals surface area contributed by atoms with Crippen LogP contribution in [0.5, 0.6) is 0 Å². The highest BCUT2D eigenvalue weighted by Gasteiger charge is 2.10. The lowest BCUT2D eigenvalue weighted by Crippen LogP contribution is -2.21. The summed E-state index contributed by atoms with van der Waals surface area (Å²) in [5.41, 5.74) is 1.46. The molecule has 1 N–H and O–H groups in total. The SMILES string of the molecule is CCCNC(CCC)c1ccn(CCCC(C)C)c1. The first-order valence-electron chi connectivity index (χ1n) is 8.06. The van der Waals surface area contributed by atoms with Crippen molar-refractivity contribution in [3.05, 3.63) is 24.0 Å². The quantitative estimate of drug-likeness (QED) is 0.644. The van der Waals surface area contributed by atoms with Gasteiger partial charge in [-0.15, -0.1) is 0 Å². The Hall–Kier alpha value is -0.760. The molecule has 1 rings (SSSR count). The number of rotatable bonds is 10. The first-order valence-corrected chi connectivity index (χ1v) is 8.06. The normalized spacial score (nSPS) is 13.1. The lowest BCUT2D eigenvalue weighted by atomic mass is 10.1. The van der Waals surface area contributed by atoms with Crippen LogP contribution < -0.4 is 5.32 Å². The molecule has 110 valence electrons. The molecule has 1 unspecified atom stereocenters. The summed E-state index contributed by atoms with van der Waals surface area (Å²) in [6, 6.07) is 2.83. The van der Waals surface area contributed by atoms with E-state index < -0.39 is 0 Å². The van der Waals surface area contributed by atoms with Gasteiger partial charge in [-0.25, -0.2) is 0 Å². The summed E-state index contributed by atoms with van der Waals surface area (Å²) in [6.45, 7) is 11.4. The average molecular weight is 264 g/mol. The summed E-state index contributed by atoms with van der Waals surface area (Å²) in [4.78, 5) is 0. The molecule has 1 aromatic heterocycles. The van der Waals surface area contributed by atoms with Crippen molar-refractivity contribution in [3.8, 4) is 0 Å². The van der Waals surface area contributed by atoms with E-state index in [0.717, 1.165) is 19.0 Å². The van der Waals surface area contributed by atoms with Crippen molar-refractivity contribution in [2.75, 3.05) is 6.54 Å². The average Bonchev–Trinajstić information content (AvgIpc) is 2.82. The van der Waals surface area contributed by atoms with Crippen LogP contribution in [0.15, 0.2) is 18.5 Å². The van der Waals surface area contributed by atoms with E-state index in [2.05, 4.69) is 56.0 Å². The predicted molar refractivity (Wildman–Crippen MR) is 84.4 cm³/mol. The lowest BCUT2D eigenvalue weighted by Gasteiger charge is -2.16. The van der Waals surface area contributed by atoms with Crippen LogP contribution in [0.1, 0.15) is 71.4 Å². The molecule has 0 spiro atoms. The topological polar surface area (TPSA) is 17.0 Å². The molecule has 0 saturated heterocycles. The zero-order valence-electron chi connectivity index (χ0n) is 13.3. The Kier molecular flexibility index (Phi) is 7.88. The van der Waals surface area contributed by atoms with Gasteiger partial charge in [-0.2, -0.15) is 0 Å². The van der Waals surface area contributed by atoms with Gasteiger partial charge in [0.1, 0.15) is 0 Å². The summed E-state index contributed by atoms with van der Waals surface area (Å²) in [6.07, 6.45) is 10.9. The summed E-state index contributed by atoms with van der Waals surface area (Å²) in [5, 5.41) is 3.66. The first kappa shape index (κ1) is 16.3. The lowest BCUT2D eigenvalue weighted by molar-refractivity contribution is 0.489. The second kappa shape index (κ2) is 9.19. The van der Waals surface area contributed by atoms with Crippen LogP contribution in [0.4, 0.5) is 0 Å². The maximum atomic E-state index is 3.66. The maximum Gasteiger partial charge on any atom is 0.0335 e. The highest BCUT2D eigenvalue weighted by atomic mass is 15.0. The Morgan fingerprint density at radius 2 is 1.95 bits per heavy atom. The second-order valence-electron chi connectivity index (χ2n) is 6.01. The number of nitrogens with one attached hydrogen (secondary N) is 1. The highest BCUT2D eigenvalue weighted by molar-refractivity contribution is 5.15. The van der Waals surface area contributed by atoms with E-state index in [1.165, 1.54) is 37.7 Å². The summed E-state index contributed by atoms with van der Waals surface area (Å²) < 4.78 is 2.36. The van der Waals surface area contributed by atoms with Gasteiger partial charge in [0.15, 0.2) is 0 Å². The van der Waals surface area contributed by atoms with Crippen molar-refractivity contribution >= 4 is 0 Å². The molecule has 19 heavy (non-hydrogen) atoms. The van der Waals surface area contributed by atoms with E-state index in [-0.39, 0.29) is 0 Å². The van der Waals surface area contributed by atoms with Crippen LogP contribution in [0.2, 0.25) is 0 Å². The van der Waals surface area contributed by atoms with Gasteiger partial charge in [0.2, 0.25) is 0 Å². The van der Waals surface area contributed by atoms with Crippen molar-refractivity contribution in [1.29, 1.82) is 0 Å². The van der Waals surface area contributed by atoms with Gasteiger partial charge in [0, 0.05) is 25.0 Å². The Morgan fingerprint density at radius 3 is 2.58 bits per heavy atom. The zero-order chi connectivity index (χ0) is 14.1. The molecule has 0 radical (unpaired) electrons. The minimum Gasteiger partial charge on any atom is -0.354 e. The van der Waals surface area contributed by atoms with Crippen LogP contribution in [0, 0.1) is 5.92 Å². The minimum absolute atomic E-state index is 0.538. The molecule has 0 aliphatic heterocycles. The molecule has 0 aromatic carbocycles. The van der Waals surface area contributed by atoms with E-state index in [1.54, 1.807) is 0 Å². The number of nitrogens with zero attached hydrogens (tertiary/aromatic N) is 1. The third-order valence-electron chi connectivity index (χ3n) is 3.59. The van der Waals surface area contributed by atoms with Crippen molar-refractivity contribution < 1.29 is 0 Å². The van der Waals surface area contributed by atoms with Crippen LogP contribution in [0.3, 0.4) is 0 Å². The largest absolute Gasteiger partial charge is 0.354 e. The monoisotopic (exact) mass is 264 g/mol. The third kappa shape index (κ3) is 6.29. The van der Waals surface area contributed by atoms with E-state index >= 15 is 0 Å². The van der Waals surface area contributed by atoms with Crippen molar-refractivity contribution in [1.82, 2.24) is 9.88 Å². The van der Waals surface area contributed by atoms with Crippen LogP contribution in [0.25, 0.3) is 0 Å². The summed E-state index contributed by atoms with van der Waals surface area (Å²) >= 11 is 0. The highest BCUT2D eigenvalue weighted by Crippen LogP contribution is 2.19. The van der Waals surface area contributed by atoms with Gasteiger partial charge in [-0.1, -0.05) is 34.1 Å². The molecular weight excluding hydrogens is 232 g/mol. The van der Waals surface area contributed by atoms with Gasteiger partial charge in [0.25, 0.3) is 0 Å². The molecule has 0 aliphatic carbocycles. The van der Waals surface area contributed by atoms with Gasteiger partial charge < -0.3 is 9.88 Å². The minimum atomic E-state index is 0.538. The number of hydrogen-bond donors (Lipinski definition) is 1. The molecule has 1 atom stereocenters. The number of aryl methyl sites for hydroxylation is 1. The molecule has 0 bridgehead atoms. The Balaban J connectivity index is 2.49. The van der Waals surface area contributed by atoms with Gasteiger partial charge in [0.05, 0.1) is 0 Å². The maximum absolute atomic E-state index is 3.66. The molecular formula is C17H32N2. The van der Waals surface area contributed by atoms with Crippen molar-refractivity contribution in [2.45, 2.75) is 72.4 Å². The fraction of sp³-hybridized carbons (Fsp3) is 0.765. The molecule has 0 saturated carbocycles. The summed E-state index contributed by atoms with van der Waals surface area (Å²) in [5.74, 6) is 0.814. The Labute approximate surface area is 119 Å². The Morgan fingerprint density at radius 1 is 1.16 bits per heavy atom. The van der Waals surface area contributed by atoms with Crippen LogP contribution in [-0.2, 0) is 6.54 Å². The van der Waals surface area contributed by atoms with Gasteiger partial charge in [-0.05, 0) is 49.8 Å². The molecule has 2 nitrogen and oxygen atoms in total. The molecule has 1 heterocycles. The van der Waals surface area contributed by atoms with E-state index in [4.69, 9.17) is 0 Å².